The van der Waals surface area contributed by atoms with Crippen LogP contribution in [0.15, 0.2) is 64.8 Å². The largest absolute Gasteiger partial charge is 0.493 e. The van der Waals surface area contributed by atoms with E-state index in [0.29, 0.717) is 18.8 Å². The van der Waals surface area contributed by atoms with Crippen LogP contribution in [0.25, 0.3) is 10.9 Å². The second-order valence-electron chi connectivity index (χ2n) is 6.78. The van der Waals surface area contributed by atoms with Gasteiger partial charge in [0.1, 0.15) is 0 Å². The second-order valence-corrected chi connectivity index (χ2v) is 7.17. The summed E-state index contributed by atoms with van der Waals surface area (Å²) in [5, 5.41) is 23.4. The SMILES string of the molecule is Oc1c(N=NC(=S)NCC2CCCO2)c2ccccc2n1Cc1ccccc1. The van der Waals surface area contributed by atoms with Gasteiger partial charge in [-0.3, -0.25) is 0 Å². The second kappa shape index (κ2) is 8.50. The minimum atomic E-state index is 0.0794. The van der Waals surface area contributed by atoms with Crippen LogP contribution in [0.1, 0.15) is 18.4 Å². The van der Waals surface area contributed by atoms with Crippen molar-refractivity contribution in [3.05, 3.63) is 60.2 Å². The Bertz CT molecular complexity index is 994. The van der Waals surface area contributed by atoms with Crippen molar-refractivity contribution in [3.8, 4) is 5.88 Å². The van der Waals surface area contributed by atoms with Crippen molar-refractivity contribution in [1.29, 1.82) is 0 Å². The van der Waals surface area contributed by atoms with Gasteiger partial charge < -0.3 is 19.7 Å². The molecule has 0 spiro atoms. The molecule has 144 valence electrons. The van der Waals surface area contributed by atoms with Crippen molar-refractivity contribution in [2.45, 2.75) is 25.5 Å². The first-order chi connectivity index (χ1) is 13.7. The van der Waals surface area contributed by atoms with E-state index in [2.05, 4.69) is 15.5 Å². The van der Waals surface area contributed by atoms with Gasteiger partial charge in [0.2, 0.25) is 11.0 Å². The van der Waals surface area contributed by atoms with Crippen LogP contribution in [-0.4, -0.2) is 34.0 Å². The summed E-state index contributed by atoms with van der Waals surface area (Å²) < 4.78 is 7.40. The fourth-order valence-corrected chi connectivity index (χ4v) is 3.56. The molecule has 1 atom stereocenters. The number of aromatic hydroxyl groups is 1. The molecule has 28 heavy (non-hydrogen) atoms. The Kier molecular flexibility index (Phi) is 5.64. The number of hydrogen-bond donors (Lipinski definition) is 2. The van der Waals surface area contributed by atoms with E-state index in [-0.39, 0.29) is 17.1 Å². The zero-order valence-electron chi connectivity index (χ0n) is 15.4. The molecule has 3 aromatic rings. The number of aromatic nitrogens is 1. The molecule has 1 aromatic heterocycles. The molecule has 1 aliphatic rings. The van der Waals surface area contributed by atoms with Crippen LogP contribution in [-0.2, 0) is 11.3 Å². The monoisotopic (exact) mass is 394 g/mol. The highest BCUT2D eigenvalue weighted by molar-refractivity contribution is 7.80. The lowest BCUT2D eigenvalue weighted by Crippen LogP contribution is -2.29. The zero-order valence-corrected chi connectivity index (χ0v) is 16.2. The summed E-state index contributed by atoms with van der Waals surface area (Å²) in [6.07, 6.45) is 2.28. The van der Waals surface area contributed by atoms with Gasteiger partial charge in [0.15, 0.2) is 5.69 Å². The van der Waals surface area contributed by atoms with Crippen molar-refractivity contribution in [3.63, 3.8) is 0 Å². The smallest absolute Gasteiger partial charge is 0.221 e. The lowest BCUT2D eigenvalue weighted by molar-refractivity contribution is 0.114. The first-order valence-electron chi connectivity index (χ1n) is 9.37. The molecule has 6 nitrogen and oxygen atoms in total. The fourth-order valence-electron chi connectivity index (χ4n) is 3.43. The van der Waals surface area contributed by atoms with Gasteiger partial charge in [-0.25, -0.2) is 0 Å². The van der Waals surface area contributed by atoms with Gasteiger partial charge >= 0.3 is 0 Å². The van der Waals surface area contributed by atoms with E-state index in [1.165, 1.54) is 0 Å². The maximum absolute atomic E-state index is 10.8. The van der Waals surface area contributed by atoms with E-state index < -0.39 is 0 Å². The number of fused-ring (bicyclic) bond motifs is 1. The molecule has 4 rings (SSSR count). The number of nitrogens with one attached hydrogen (secondary N) is 1. The third kappa shape index (κ3) is 4.05. The molecule has 2 heterocycles. The first kappa shape index (κ1) is 18.6. The molecular formula is C21H22N4O2S. The van der Waals surface area contributed by atoms with Gasteiger partial charge in [-0.2, -0.15) is 0 Å². The highest BCUT2D eigenvalue weighted by Crippen LogP contribution is 2.39. The van der Waals surface area contributed by atoms with Crippen molar-refractivity contribution in [1.82, 2.24) is 9.88 Å². The predicted octanol–water partition coefficient (Wildman–Crippen LogP) is 4.53. The minimum absolute atomic E-state index is 0.0794. The van der Waals surface area contributed by atoms with Crippen LogP contribution in [0, 0.1) is 0 Å². The highest BCUT2D eigenvalue weighted by Gasteiger charge is 2.17. The molecule has 1 unspecified atom stereocenters. The number of thiocarbonyl (C=S) groups is 1. The molecule has 7 heteroatoms. The highest BCUT2D eigenvalue weighted by atomic mass is 32.1. The summed E-state index contributed by atoms with van der Waals surface area (Å²) in [5.41, 5.74) is 2.42. The van der Waals surface area contributed by atoms with Crippen LogP contribution in [0.2, 0.25) is 0 Å². The zero-order chi connectivity index (χ0) is 19.3. The average molecular weight is 395 g/mol. The Balaban J connectivity index is 1.56. The minimum Gasteiger partial charge on any atom is -0.493 e. The van der Waals surface area contributed by atoms with E-state index in [4.69, 9.17) is 17.0 Å². The van der Waals surface area contributed by atoms with Gasteiger partial charge in [-0.05, 0) is 36.7 Å². The summed E-state index contributed by atoms with van der Waals surface area (Å²) in [7, 11) is 0. The lowest BCUT2D eigenvalue weighted by atomic mass is 10.2. The average Bonchev–Trinajstić information content (AvgIpc) is 3.33. The van der Waals surface area contributed by atoms with E-state index in [9.17, 15) is 5.11 Å². The molecule has 1 fully saturated rings. The maximum Gasteiger partial charge on any atom is 0.221 e. The summed E-state index contributed by atoms with van der Waals surface area (Å²) in [5.74, 6) is 0.0794. The molecule has 0 saturated carbocycles. The number of ether oxygens (including phenoxy) is 1. The van der Waals surface area contributed by atoms with Crippen molar-refractivity contribution in [2.75, 3.05) is 13.2 Å². The van der Waals surface area contributed by atoms with E-state index in [0.717, 1.165) is 35.9 Å². The molecule has 2 N–H and O–H groups in total. The number of rotatable bonds is 5. The Morgan fingerprint density at radius 3 is 2.75 bits per heavy atom. The molecule has 0 aliphatic carbocycles. The van der Waals surface area contributed by atoms with Crippen LogP contribution >= 0.6 is 12.2 Å². The third-order valence-electron chi connectivity index (χ3n) is 4.85. The van der Waals surface area contributed by atoms with E-state index in [1.807, 2.05) is 59.2 Å². The Morgan fingerprint density at radius 1 is 1.18 bits per heavy atom. The summed E-state index contributed by atoms with van der Waals surface area (Å²) >= 11 is 5.25. The van der Waals surface area contributed by atoms with E-state index >= 15 is 0 Å². The maximum atomic E-state index is 10.8. The lowest BCUT2D eigenvalue weighted by Gasteiger charge is -2.09. The first-order valence-corrected chi connectivity index (χ1v) is 9.78. The molecule has 0 bridgehead atoms. The van der Waals surface area contributed by atoms with Crippen molar-refractivity contribution < 1.29 is 9.84 Å². The third-order valence-corrected chi connectivity index (χ3v) is 5.07. The standard InChI is InChI=1S/C21H22N4O2S/c26-20-19(23-24-21(28)22-13-16-9-6-12-27-16)17-10-4-5-11-18(17)25(20)14-15-7-2-1-3-8-15/h1-5,7-8,10-11,16,26H,6,9,12-14H2,(H,22,28). The molecule has 1 aliphatic heterocycles. The van der Waals surface area contributed by atoms with Gasteiger partial charge in [-0.15, -0.1) is 10.2 Å². The molecule has 0 radical (unpaired) electrons. The number of hydrogen-bond acceptors (Lipinski definition) is 4. The Labute approximate surface area is 168 Å². The van der Waals surface area contributed by atoms with Gasteiger partial charge in [0, 0.05) is 18.5 Å². The Morgan fingerprint density at radius 2 is 1.96 bits per heavy atom. The quantitative estimate of drug-likeness (QED) is 0.493. The number of para-hydroxylation sites is 1. The van der Waals surface area contributed by atoms with Gasteiger partial charge in [0.25, 0.3) is 0 Å². The molecule has 0 amide bonds. The number of azo groups is 1. The predicted molar refractivity (Wildman–Crippen MR) is 113 cm³/mol. The number of nitrogens with zero attached hydrogens (tertiary/aromatic N) is 3. The summed E-state index contributed by atoms with van der Waals surface area (Å²) in [6.45, 7) is 1.97. The van der Waals surface area contributed by atoms with E-state index in [1.54, 1.807) is 0 Å². The van der Waals surface area contributed by atoms with Gasteiger partial charge in [0.05, 0.1) is 18.2 Å². The molecule has 1 saturated heterocycles. The van der Waals surface area contributed by atoms with Crippen LogP contribution in [0.3, 0.4) is 0 Å². The molecule has 2 aromatic carbocycles. The molecular weight excluding hydrogens is 372 g/mol. The summed E-state index contributed by atoms with van der Waals surface area (Å²) in [6, 6.07) is 17.7. The van der Waals surface area contributed by atoms with Crippen molar-refractivity contribution in [2.24, 2.45) is 10.2 Å². The normalized spacial score (nSPS) is 16.8. The fraction of sp³-hybridized carbons (Fsp3) is 0.286. The van der Waals surface area contributed by atoms with Crippen LogP contribution in [0.4, 0.5) is 5.69 Å². The topological polar surface area (TPSA) is 71.1 Å². The summed E-state index contributed by atoms with van der Waals surface area (Å²) in [4.78, 5) is 0. The Hall–Kier alpha value is -2.77. The number of benzene rings is 2. The van der Waals surface area contributed by atoms with Crippen molar-refractivity contribution >= 4 is 33.9 Å². The van der Waals surface area contributed by atoms with Crippen LogP contribution in [0.5, 0.6) is 5.88 Å². The van der Waals surface area contributed by atoms with Crippen LogP contribution < -0.4 is 5.32 Å². The van der Waals surface area contributed by atoms with Gasteiger partial charge in [-0.1, -0.05) is 48.5 Å².